The zero-order valence-electron chi connectivity index (χ0n) is 16.1. The van der Waals surface area contributed by atoms with Crippen LogP contribution in [0.25, 0.3) is 0 Å². The standard InChI is InChI=1S/C20H27N3O3/c1-6-15-17(20(25)26-5)13(2)18(22-15)19(24)21-12-16(23(3)4)14-10-8-7-9-11-14/h7-11,16,22H,6,12H2,1-5H3,(H,21,24)/t16-/m0/s1. The first-order chi connectivity index (χ1) is 12.4. The molecule has 0 bridgehead atoms. The van der Waals surface area contributed by atoms with Crippen LogP contribution in [0.4, 0.5) is 0 Å². The van der Waals surface area contributed by atoms with Gasteiger partial charge in [-0.1, -0.05) is 37.3 Å². The number of likely N-dealkylation sites (N-methyl/N-ethyl adjacent to an activating group) is 1. The van der Waals surface area contributed by atoms with Crippen LogP contribution in [-0.2, 0) is 11.2 Å². The molecule has 0 fully saturated rings. The van der Waals surface area contributed by atoms with Crippen molar-refractivity contribution >= 4 is 11.9 Å². The van der Waals surface area contributed by atoms with Crippen LogP contribution >= 0.6 is 0 Å². The fraction of sp³-hybridized carbons (Fsp3) is 0.400. The van der Waals surface area contributed by atoms with Crippen LogP contribution in [0, 0.1) is 6.92 Å². The molecule has 0 spiro atoms. The minimum atomic E-state index is -0.426. The molecular formula is C20H27N3O3. The first-order valence-corrected chi connectivity index (χ1v) is 8.70. The van der Waals surface area contributed by atoms with Crippen molar-refractivity contribution < 1.29 is 14.3 Å². The van der Waals surface area contributed by atoms with E-state index in [0.29, 0.717) is 35.5 Å². The van der Waals surface area contributed by atoms with E-state index in [0.717, 1.165) is 5.56 Å². The number of aromatic nitrogens is 1. The third-order valence-electron chi connectivity index (χ3n) is 4.56. The van der Waals surface area contributed by atoms with E-state index < -0.39 is 5.97 Å². The first kappa shape index (κ1) is 19.7. The summed E-state index contributed by atoms with van der Waals surface area (Å²) in [7, 11) is 5.30. The van der Waals surface area contributed by atoms with Crippen molar-refractivity contribution in [1.29, 1.82) is 0 Å². The summed E-state index contributed by atoms with van der Waals surface area (Å²) in [6.45, 7) is 4.15. The highest BCUT2D eigenvalue weighted by Gasteiger charge is 2.24. The molecule has 0 aliphatic heterocycles. The molecule has 1 aromatic carbocycles. The first-order valence-electron chi connectivity index (χ1n) is 8.70. The number of carbonyl (C=O) groups excluding carboxylic acids is 2. The van der Waals surface area contributed by atoms with Gasteiger partial charge >= 0.3 is 5.97 Å². The summed E-state index contributed by atoms with van der Waals surface area (Å²) in [6, 6.07) is 10.1. The highest BCUT2D eigenvalue weighted by atomic mass is 16.5. The van der Waals surface area contributed by atoms with Gasteiger partial charge in [0.05, 0.1) is 18.7 Å². The van der Waals surface area contributed by atoms with Crippen LogP contribution < -0.4 is 5.32 Å². The van der Waals surface area contributed by atoms with Gasteiger partial charge in [-0.3, -0.25) is 4.79 Å². The Morgan fingerprint density at radius 2 is 1.88 bits per heavy atom. The van der Waals surface area contributed by atoms with E-state index in [2.05, 4.69) is 15.2 Å². The number of amides is 1. The molecule has 1 aromatic heterocycles. The van der Waals surface area contributed by atoms with Gasteiger partial charge in [0.15, 0.2) is 0 Å². The second-order valence-electron chi connectivity index (χ2n) is 6.42. The number of esters is 1. The molecular weight excluding hydrogens is 330 g/mol. The molecule has 0 saturated heterocycles. The van der Waals surface area contributed by atoms with Crippen molar-refractivity contribution in [3.05, 3.63) is 58.4 Å². The van der Waals surface area contributed by atoms with Gasteiger partial charge in [0.25, 0.3) is 5.91 Å². The zero-order chi connectivity index (χ0) is 19.3. The SMILES string of the molecule is CCc1[nH]c(C(=O)NC[C@@H](c2ccccc2)N(C)C)c(C)c1C(=O)OC. The van der Waals surface area contributed by atoms with Crippen molar-refractivity contribution in [1.82, 2.24) is 15.2 Å². The van der Waals surface area contributed by atoms with Gasteiger partial charge in [-0.25, -0.2) is 4.79 Å². The van der Waals surface area contributed by atoms with Crippen molar-refractivity contribution in [2.45, 2.75) is 26.3 Å². The fourth-order valence-electron chi connectivity index (χ4n) is 3.08. The van der Waals surface area contributed by atoms with Crippen molar-refractivity contribution in [3.63, 3.8) is 0 Å². The van der Waals surface area contributed by atoms with E-state index in [1.54, 1.807) is 6.92 Å². The summed E-state index contributed by atoms with van der Waals surface area (Å²) >= 11 is 0. The predicted molar refractivity (Wildman–Crippen MR) is 101 cm³/mol. The minimum Gasteiger partial charge on any atom is -0.465 e. The van der Waals surface area contributed by atoms with Gasteiger partial charge in [-0.15, -0.1) is 0 Å². The van der Waals surface area contributed by atoms with E-state index in [9.17, 15) is 9.59 Å². The van der Waals surface area contributed by atoms with Gasteiger partial charge < -0.3 is 19.9 Å². The Bertz CT molecular complexity index is 766. The number of nitrogens with zero attached hydrogens (tertiary/aromatic N) is 1. The monoisotopic (exact) mass is 357 g/mol. The van der Waals surface area contributed by atoms with E-state index in [4.69, 9.17) is 4.74 Å². The molecule has 0 radical (unpaired) electrons. The molecule has 1 heterocycles. The summed E-state index contributed by atoms with van der Waals surface area (Å²) in [6.07, 6.45) is 0.614. The maximum Gasteiger partial charge on any atom is 0.339 e. The number of H-pyrrole nitrogens is 1. The zero-order valence-corrected chi connectivity index (χ0v) is 16.1. The van der Waals surface area contributed by atoms with Gasteiger partial charge in [0.1, 0.15) is 5.69 Å². The summed E-state index contributed by atoms with van der Waals surface area (Å²) in [5.41, 5.74) is 3.32. The Morgan fingerprint density at radius 1 is 1.23 bits per heavy atom. The molecule has 0 unspecified atom stereocenters. The van der Waals surface area contributed by atoms with Gasteiger partial charge in [0, 0.05) is 12.2 Å². The second-order valence-corrected chi connectivity index (χ2v) is 6.42. The third kappa shape index (κ3) is 4.14. The normalized spacial score (nSPS) is 12.1. The van der Waals surface area contributed by atoms with Gasteiger partial charge in [-0.05, 0) is 38.6 Å². The minimum absolute atomic E-state index is 0.0566. The average molecular weight is 357 g/mol. The molecule has 2 N–H and O–H groups in total. The van der Waals surface area contributed by atoms with Crippen LogP contribution in [0.1, 0.15) is 50.6 Å². The Morgan fingerprint density at radius 3 is 2.42 bits per heavy atom. The van der Waals surface area contributed by atoms with Gasteiger partial charge in [0.2, 0.25) is 0 Å². The maximum atomic E-state index is 12.7. The van der Waals surface area contributed by atoms with Crippen molar-refractivity contribution in [3.8, 4) is 0 Å². The lowest BCUT2D eigenvalue weighted by Gasteiger charge is -2.25. The highest BCUT2D eigenvalue weighted by Crippen LogP contribution is 2.21. The number of nitrogens with one attached hydrogen (secondary N) is 2. The molecule has 1 atom stereocenters. The predicted octanol–water partition coefficient (Wildman–Crippen LogP) is 2.70. The van der Waals surface area contributed by atoms with Crippen LogP contribution in [0.15, 0.2) is 30.3 Å². The van der Waals surface area contributed by atoms with E-state index in [1.165, 1.54) is 7.11 Å². The largest absolute Gasteiger partial charge is 0.465 e. The molecule has 0 aliphatic carbocycles. The quantitative estimate of drug-likeness (QED) is 0.747. The smallest absolute Gasteiger partial charge is 0.339 e. The molecule has 26 heavy (non-hydrogen) atoms. The van der Waals surface area contributed by atoms with E-state index in [-0.39, 0.29) is 11.9 Å². The number of hydrogen-bond acceptors (Lipinski definition) is 4. The van der Waals surface area contributed by atoms with Crippen LogP contribution in [-0.4, -0.2) is 49.5 Å². The Labute approximate surface area is 154 Å². The third-order valence-corrected chi connectivity index (χ3v) is 4.56. The Balaban J connectivity index is 2.19. The lowest BCUT2D eigenvalue weighted by atomic mass is 10.1. The lowest BCUT2D eigenvalue weighted by molar-refractivity contribution is 0.0599. The summed E-state index contributed by atoms with van der Waals surface area (Å²) in [4.78, 5) is 29.9. The molecule has 2 aromatic rings. The van der Waals surface area contributed by atoms with Crippen molar-refractivity contribution in [2.24, 2.45) is 0 Å². The fourth-order valence-corrected chi connectivity index (χ4v) is 3.08. The number of rotatable bonds is 7. The van der Waals surface area contributed by atoms with Crippen LogP contribution in [0.3, 0.4) is 0 Å². The summed E-state index contributed by atoms with van der Waals surface area (Å²) in [5, 5.41) is 2.98. The molecule has 6 heteroatoms. The number of hydrogen-bond donors (Lipinski definition) is 2. The van der Waals surface area contributed by atoms with Gasteiger partial charge in [-0.2, -0.15) is 0 Å². The number of aromatic amines is 1. The molecule has 0 aliphatic rings. The van der Waals surface area contributed by atoms with Crippen LogP contribution in [0.5, 0.6) is 0 Å². The number of carbonyl (C=O) groups is 2. The maximum absolute atomic E-state index is 12.7. The Kier molecular flexibility index (Phi) is 6.58. The topological polar surface area (TPSA) is 74.4 Å². The average Bonchev–Trinajstić information content (AvgIpc) is 2.98. The highest BCUT2D eigenvalue weighted by molar-refractivity contribution is 6.00. The number of benzene rings is 1. The molecule has 140 valence electrons. The Hall–Kier alpha value is -2.60. The summed E-state index contributed by atoms with van der Waals surface area (Å²) in [5.74, 6) is -0.653. The molecule has 2 rings (SSSR count). The lowest BCUT2D eigenvalue weighted by Crippen LogP contribution is -2.35. The van der Waals surface area contributed by atoms with E-state index in [1.807, 2.05) is 51.4 Å². The molecule has 0 saturated carbocycles. The van der Waals surface area contributed by atoms with Crippen LogP contribution in [0.2, 0.25) is 0 Å². The second kappa shape index (κ2) is 8.67. The number of aryl methyl sites for hydroxylation is 1. The number of methoxy groups -OCH3 is 1. The van der Waals surface area contributed by atoms with E-state index >= 15 is 0 Å². The summed E-state index contributed by atoms with van der Waals surface area (Å²) < 4.78 is 4.84. The molecule has 6 nitrogen and oxygen atoms in total. The van der Waals surface area contributed by atoms with Crippen molar-refractivity contribution in [2.75, 3.05) is 27.7 Å². The number of ether oxygens (including phenoxy) is 1. The molecule has 1 amide bonds.